The number of hydrogen-bond acceptors (Lipinski definition) is 4. The third-order valence-corrected chi connectivity index (χ3v) is 5.40. The molecule has 0 atom stereocenters. The van der Waals surface area contributed by atoms with Crippen LogP contribution in [0, 0.1) is 0 Å². The van der Waals surface area contributed by atoms with E-state index in [2.05, 4.69) is 20.7 Å². The molecule has 1 aromatic carbocycles. The lowest BCUT2D eigenvalue weighted by Crippen LogP contribution is -2.25. The van der Waals surface area contributed by atoms with E-state index in [1.54, 1.807) is 12.4 Å². The summed E-state index contributed by atoms with van der Waals surface area (Å²) >= 11 is 5.95. The molecule has 28 heavy (non-hydrogen) atoms. The monoisotopic (exact) mass is 398 g/mol. The molecule has 1 aliphatic rings. The molecule has 0 unspecified atom stereocenters. The van der Waals surface area contributed by atoms with Gasteiger partial charge in [0.15, 0.2) is 0 Å². The average molecular weight is 399 g/mol. The molecule has 0 aliphatic heterocycles. The van der Waals surface area contributed by atoms with Crippen molar-refractivity contribution >= 4 is 29.3 Å². The van der Waals surface area contributed by atoms with Gasteiger partial charge in [-0.1, -0.05) is 36.6 Å². The molecule has 0 bridgehead atoms. The minimum absolute atomic E-state index is 0.126. The lowest BCUT2D eigenvalue weighted by molar-refractivity contribution is -0.114. The molecule has 2 heterocycles. The van der Waals surface area contributed by atoms with Gasteiger partial charge in [0.1, 0.15) is 5.82 Å². The van der Waals surface area contributed by atoms with Crippen molar-refractivity contribution in [3.05, 3.63) is 47.7 Å². The Morgan fingerprint density at radius 1 is 1.21 bits per heavy atom. The van der Waals surface area contributed by atoms with Gasteiger partial charge in [0.2, 0.25) is 11.9 Å². The van der Waals surface area contributed by atoms with E-state index in [0.717, 1.165) is 29.9 Å². The zero-order valence-electron chi connectivity index (χ0n) is 15.7. The highest BCUT2D eigenvalue weighted by molar-refractivity contribution is 6.30. The maximum absolute atomic E-state index is 12.4. The molecular formula is C20H23ClN6O. The van der Waals surface area contributed by atoms with E-state index in [1.165, 1.54) is 12.8 Å². The number of aromatic nitrogens is 4. The van der Waals surface area contributed by atoms with Crippen molar-refractivity contribution < 1.29 is 4.79 Å². The molecular weight excluding hydrogens is 376 g/mol. The summed E-state index contributed by atoms with van der Waals surface area (Å²) in [5.74, 6) is 1.25. The first-order valence-corrected chi connectivity index (χ1v) is 9.84. The number of imidazole rings is 1. The van der Waals surface area contributed by atoms with Crippen LogP contribution in [0.15, 0.2) is 42.7 Å². The van der Waals surface area contributed by atoms with Gasteiger partial charge in [-0.25, -0.2) is 9.67 Å². The van der Waals surface area contributed by atoms with Crippen LogP contribution in [0.3, 0.4) is 0 Å². The van der Waals surface area contributed by atoms with E-state index in [9.17, 15) is 4.79 Å². The Morgan fingerprint density at radius 2 is 1.96 bits per heavy atom. The fourth-order valence-electron chi connectivity index (χ4n) is 3.66. The van der Waals surface area contributed by atoms with Gasteiger partial charge in [0.05, 0.1) is 30.7 Å². The molecule has 1 fully saturated rings. The van der Waals surface area contributed by atoms with Gasteiger partial charge in [-0.3, -0.25) is 4.79 Å². The van der Waals surface area contributed by atoms with Gasteiger partial charge in [0.25, 0.3) is 0 Å². The highest BCUT2D eigenvalue weighted by atomic mass is 35.5. The molecule has 1 aliphatic carbocycles. The van der Waals surface area contributed by atoms with Crippen LogP contribution in [-0.4, -0.2) is 31.8 Å². The number of nitrogens with zero attached hydrogens (tertiary/aromatic N) is 4. The van der Waals surface area contributed by atoms with Crippen LogP contribution >= 0.6 is 11.6 Å². The maximum atomic E-state index is 12.4. The van der Waals surface area contributed by atoms with Crippen LogP contribution in [-0.2, 0) is 11.8 Å². The second kappa shape index (κ2) is 8.06. The number of rotatable bonds is 6. The third-order valence-electron chi connectivity index (χ3n) is 5.14. The molecule has 0 spiro atoms. The molecule has 7 nitrogen and oxygen atoms in total. The van der Waals surface area contributed by atoms with Crippen LogP contribution in [0.5, 0.6) is 0 Å². The quantitative estimate of drug-likeness (QED) is 0.655. The van der Waals surface area contributed by atoms with Crippen molar-refractivity contribution in [2.75, 3.05) is 17.2 Å². The lowest BCUT2D eigenvalue weighted by atomic mass is 10.2. The molecule has 1 saturated carbocycles. The first-order valence-electron chi connectivity index (χ1n) is 9.46. The molecule has 0 radical (unpaired) electrons. The predicted octanol–water partition coefficient (Wildman–Crippen LogP) is 4.10. The maximum Gasteiger partial charge on any atom is 0.244 e. The van der Waals surface area contributed by atoms with Gasteiger partial charge in [-0.2, -0.15) is 5.10 Å². The summed E-state index contributed by atoms with van der Waals surface area (Å²) in [6.07, 6.45) is 8.17. The van der Waals surface area contributed by atoms with E-state index >= 15 is 0 Å². The molecule has 4 rings (SSSR count). The van der Waals surface area contributed by atoms with Gasteiger partial charge < -0.3 is 15.2 Å². The number of benzene rings is 1. The Balaban J connectivity index is 1.38. The van der Waals surface area contributed by atoms with E-state index in [0.29, 0.717) is 17.0 Å². The molecule has 0 saturated heterocycles. The molecule has 8 heteroatoms. The second-order valence-electron chi connectivity index (χ2n) is 7.03. The van der Waals surface area contributed by atoms with E-state index in [1.807, 2.05) is 46.6 Å². The highest BCUT2D eigenvalue weighted by Gasteiger charge is 2.20. The van der Waals surface area contributed by atoms with Crippen LogP contribution in [0.25, 0.3) is 11.3 Å². The van der Waals surface area contributed by atoms with Gasteiger partial charge >= 0.3 is 0 Å². The molecule has 2 N–H and O–H groups in total. The molecule has 1 amide bonds. The number of hydrogen-bond donors (Lipinski definition) is 2. The third kappa shape index (κ3) is 3.89. The minimum atomic E-state index is -0.129. The fraction of sp³-hybridized carbons (Fsp3) is 0.350. The van der Waals surface area contributed by atoms with Crippen LogP contribution < -0.4 is 10.6 Å². The fourth-order valence-corrected chi connectivity index (χ4v) is 3.79. The lowest BCUT2D eigenvalue weighted by Gasteiger charge is -2.15. The number of carbonyl (C=O) groups is 1. The summed E-state index contributed by atoms with van der Waals surface area (Å²) in [4.78, 5) is 16.8. The normalized spacial score (nSPS) is 14.4. The van der Waals surface area contributed by atoms with Gasteiger partial charge in [0, 0.05) is 18.1 Å². The number of halogens is 1. The Hall–Kier alpha value is -2.80. The van der Waals surface area contributed by atoms with Crippen LogP contribution in [0.2, 0.25) is 5.02 Å². The van der Waals surface area contributed by atoms with Crippen molar-refractivity contribution in [1.82, 2.24) is 19.3 Å². The average Bonchev–Trinajstić information content (AvgIpc) is 3.42. The number of amides is 1. The first kappa shape index (κ1) is 18.6. The SMILES string of the molecule is Cn1c(-c2ccc(Cl)cc2)cnc1NCC(=O)Nc1ccnn1C1CCCC1. The largest absolute Gasteiger partial charge is 0.347 e. The summed E-state index contributed by atoms with van der Waals surface area (Å²) in [5.41, 5.74) is 1.95. The zero-order valence-corrected chi connectivity index (χ0v) is 16.5. The number of anilines is 2. The molecule has 2 aromatic heterocycles. The van der Waals surface area contributed by atoms with Crippen molar-refractivity contribution in [1.29, 1.82) is 0 Å². The Bertz CT molecular complexity index is 955. The topological polar surface area (TPSA) is 76.8 Å². The first-order chi connectivity index (χ1) is 13.6. The zero-order chi connectivity index (χ0) is 19.5. The van der Waals surface area contributed by atoms with Gasteiger partial charge in [-0.05, 0) is 30.5 Å². The highest BCUT2D eigenvalue weighted by Crippen LogP contribution is 2.31. The Labute approximate surface area is 168 Å². The van der Waals surface area contributed by atoms with Gasteiger partial charge in [-0.15, -0.1) is 0 Å². The van der Waals surface area contributed by atoms with Crippen molar-refractivity contribution in [3.8, 4) is 11.3 Å². The van der Waals surface area contributed by atoms with Crippen molar-refractivity contribution in [3.63, 3.8) is 0 Å². The molecule has 3 aromatic rings. The summed E-state index contributed by atoms with van der Waals surface area (Å²) in [5, 5.41) is 11.1. The second-order valence-corrected chi connectivity index (χ2v) is 7.47. The summed E-state index contributed by atoms with van der Waals surface area (Å²) in [7, 11) is 1.91. The van der Waals surface area contributed by atoms with E-state index in [-0.39, 0.29) is 12.5 Å². The van der Waals surface area contributed by atoms with Crippen molar-refractivity contribution in [2.45, 2.75) is 31.7 Å². The summed E-state index contributed by atoms with van der Waals surface area (Å²) in [6.45, 7) is 0.126. The standard InChI is InChI=1S/C20H23ClN6O/c1-26-17(14-6-8-15(21)9-7-14)12-22-20(26)23-13-19(28)25-18-10-11-24-27(18)16-4-2-3-5-16/h6-12,16H,2-5,13H2,1H3,(H,22,23)(H,25,28). The van der Waals surface area contributed by atoms with Crippen LogP contribution in [0.1, 0.15) is 31.7 Å². The van der Waals surface area contributed by atoms with Crippen LogP contribution in [0.4, 0.5) is 11.8 Å². The smallest absolute Gasteiger partial charge is 0.244 e. The minimum Gasteiger partial charge on any atom is -0.347 e. The summed E-state index contributed by atoms with van der Waals surface area (Å²) < 4.78 is 3.85. The van der Waals surface area contributed by atoms with E-state index < -0.39 is 0 Å². The van der Waals surface area contributed by atoms with E-state index in [4.69, 9.17) is 11.6 Å². The molecule has 146 valence electrons. The Kier molecular flexibility index (Phi) is 5.34. The van der Waals surface area contributed by atoms with Crippen molar-refractivity contribution in [2.24, 2.45) is 7.05 Å². The summed E-state index contributed by atoms with van der Waals surface area (Å²) in [6, 6.07) is 9.81. The predicted molar refractivity (Wildman–Crippen MR) is 111 cm³/mol. The Morgan fingerprint density at radius 3 is 2.71 bits per heavy atom. The number of carbonyl (C=O) groups excluding carboxylic acids is 1. The number of nitrogens with one attached hydrogen (secondary N) is 2.